The summed E-state index contributed by atoms with van der Waals surface area (Å²) in [6.07, 6.45) is 2.02. The standard InChI is InChI=1S/C21H28FN3O2/c1-14-17-4-3-5-18(22)20(17)23-19(14)21(26)25-8-6-16(7-9-25)15(2)24-10-12-27-13-11-24/h3-5,15-16,23H,6-13H2,1-2H3/t15-/m0/s1. The van der Waals surface area contributed by atoms with E-state index in [9.17, 15) is 9.18 Å². The summed E-state index contributed by atoms with van der Waals surface area (Å²) < 4.78 is 19.5. The number of ether oxygens (including phenoxy) is 1. The number of carbonyl (C=O) groups is 1. The van der Waals surface area contributed by atoms with E-state index in [-0.39, 0.29) is 11.7 Å². The van der Waals surface area contributed by atoms with E-state index in [0.29, 0.717) is 23.2 Å². The Morgan fingerprint density at radius 1 is 1.22 bits per heavy atom. The van der Waals surface area contributed by atoms with Crippen molar-refractivity contribution in [2.75, 3.05) is 39.4 Å². The van der Waals surface area contributed by atoms with E-state index in [2.05, 4.69) is 16.8 Å². The normalized spacial score (nSPS) is 20.9. The van der Waals surface area contributed by atoms with Gasteiger partial charge in [-0.05, 0) is 44.2 Å². The summed E-state index contributed by atoms with van der Waals surface area (Å²) in [5.41, 5.74) is 1.78. The summed E-state index contributed by atoms with van der Waals surface area (Å²) in [4.78, 5) is 20.5. The number of aryl methyl sites for hydroxylation is 1. The molecule has 2 aliphatic heterocycles. The summed E-state index contributed by atoms with van der Waals surface area (Å²) in [5.74, 6) is 0.279. The predicted molar refractivity (Wildman–Crippen MR) is 103 cm³/mol. The van der Waals surface area contributed by atoms with Crippen LogP contribution in [0.4, 0.5) is 4.39 Å². The zero-order valence-corrected chi connectivity index (χ0v) is 16.1. The zero-order valence-electron chi connectivity index (χ0n) is 16.1. The van der Waals surface area contributed by atoms with Gasteiger partial charge in [-0.3, -0.25) is 9.69 Å². The summed E-state index contributed by atoms with van der Waals surface area (Å²) in [6.45, 7) is 9.35. The summed E-state index contributed by atoms with van der Waals surface area (Å²) in [6, 6.07) is 5.49. The average Bonchev–Trinajstić information content (AvgIpc) is 3.06. The second kappa shape index (κ2) is 7.60. The van der Waals surface area contributed by atoms with Crippen molar-refractivity contribution < 1.29 is 13.9 Å². The molecule has 0 aliphatic carbocycles. The van der Waals surface area contributed by atoms with Gasteiger partial charge in [-0.15, -0.1) is 0 Å². The first kappa shape index (κ1) is 18.4. The fourth-order valence-electron chi connectivity index (χ4n) is 4.56. The topological polar surface area (TPSA) is 48.6 Å². The van der Waals surface area contributed by atoms with E-state index in [1.165, 1.54) is 6.07 Å². The number of likely N-dealkylation sites (tertiary alicyclic amines) is 1. The average molecular weight is 373 g/mol. The third-order valence-corrected chi connectivity index (χ3v) is 6.39. The molecule has 1 aromatic heterocycles. The third kappa shape index (κ3) is 3.48. The lowest BCUT2D eigenvalue weighted by Crippen LogP contribution is -2.49. The van der Waals surface area contributed by atoms with Gasteiger partial charge in [0.15, 0.2) is 0 Å². The van der Waals surface area contributed by atoms with Crippen LogP contribution < -0.4 is 0 Å². The fraction of sp³-hybridized carbons (Fsp3) is 0.571. The summed E-state index contributed by atoms with van der Waals surface area (Å²) >= 11 is 0. The minimum atomic E-state index is -0.312. The van der Waals surface area contributed by atoms with Gasteiger partial charge in [0.2, 0.25) is 0 Å². The van der Waals surface area contributed by atoms with Crippen LogP contribution >= 0.6 is 0 Å². The van der Waals surface area contributed by atoms with Crippen LogP contribution in [0.3, 0.4) is 0 Å². The van der Waals surface area contributed by atoms with Crippen LogP contribution in [0.15, 0.2) is 18.2 Å². The number of H-pyrrole nitrogens is 1. The molecule has 27 heavy (non-hydrogen) atoms. The molecule has 2 saturated heterocycles. The van der Waals surface area contributed by atoms with Crippen LogP contribution in [0.2, 0.25) is 0 Å². The number of piperidine rings is 1. The van der Waals surface area contributed by atoms with Crippen LogP contribution in [0.25, 0.3) is 10.9 Å². The molecule has 2 fully saturated rings. The Labute approximate surface area is 159 Å². The number of fused-ring (bicyclic) bond motifs is 1. The van der Waals surface area contributed by atoms with Crippen molar-refractivity contribution in [3.05, 3.63) is 35.3 Å². The van der Waals surface area contributed by atoms with Gasteiger partial charge in [-0.1, -0.05) is 12.1 Å². The van der Waals surface area contributed by atoms with Crippen LogP contribution in [-0.4, -0.2) is 66.1 Å². The van der Waals surface area contributed by atoms with Crippen LogP contribution in [0.1, 0.15) is 35.8 Å². The molecule has 0 saturated carbocycles. The molecular weight excluding hydrogens is 345 g/mol. The molecule has 2 aromatic rings. The van der Waals surface area contributed by atoms with E-state index in [1.54, 1.807) is 6.07 Å². The maximum Gasteiger partial charge on any atom is 0.270 e. The monoisotopic (exact) mass is 373 g/mol. The van der Waals surface area contributed by atoms with Crippen molar-refractivity contribution in [1.82, 2.24) is 14.8 Å². The van der Waals surface area contributed by atoms with E-state index in [4.69, 9.17) is 4.74 Å². The molecular formula is C21H28FN3O2. The van der Waals surface area contributed by atoms with Gasteiger partial charge in [-0.2, -0.15) is 0 Å². The smallest absolute Gasteiger partial charge is 0.270 e. The molecule has 1 atom stereocenters. The van der Waals surface area contributed by atoms with Crippen LogP contribution in [-0.2, 0) is 4.74 Å². The number of para-hydroxylation sites is 1. The second-order valence-corrected chi connectivity index (χ2v) is 7.81. The van der Waals surface area contributed by atoms with Crippen molar-refractivity contribution in [3.8, 4) is 0 Å². The lowest BCUT2D eigenvalue weighted by Gasteiger charge is -2.41. The number of aromatic amines is 1. The molecule has 5 nitrogen and oxygen atoms in total. The lowest BCUT2D eigenvalue weighted by atomic mass is 9.89. The van der Waals surface area contributed by atoms with Gasteiger partial charge in [0, 0.05) is 37.6 Å². The van der Waals surface area contributed by atoms with Crippen molar-refractivity contribution in [1.29, 1.82) is 0 Å². The Balaban J connectivity index is 1.43. The number of amides is 1. The maximum atomic E-state index is 14.0. The lowest BCUT2D eigenvalue weighted by molar-refractivity contribution is -0.000985. The number of aromatic nitrogens is 1. The SMILES string of the molecule is Cc1c(C(=O)N2CCC([C@H](C)N3CCOCC3)CC2)[nH]c2c(F)cccc12. The molecule has 1 aromatic carbocycles. The third-order valence-electron chi connectivity index (χ3n) is 6.39. The molecule has 0 spiro atoms. The first-order chi connectivity index (χ1) is 13.1. The largest absolute Gasteiger partial charge is 0.379 e. The van der Waals surface area contributed by atoms with Gasteiger partial charge in [-0.25, -0.2) is 4.39 Å². The number of benzene rings is 1. The molecule has 0 bridgehead atoms. The Bertz CT molecular complexity index is 820. The van der Waals surface area contributed by atoms with Gasteiger partial charge >= 0.3 is 0 Å². The number of morpholine rings is 1. The number of hydrogen-bond acceptors (Lipinski definition) is 3. The van der Waals surface area contributed by atoms with E-state index < -0.39 is 0 Å². The van der Waals surface area contributed by atoms with Gasteiger partial charge < -0.3 is 14.6 Å². The Morgan fingerprint density at radius 2 is 1.93 bits per heavy atom. The van der Waals surface area contributed by atoms with Gasteiger partial charge in [0.1, 0.15) is 11.5 Å². The Hall–Kier alpha value is -1.92. The Morgan fingerprint density at radius 3 is 2.59 bits per heavy atom. The van der Waals surface area contributed by atoms with Crippen molar-refractivity contribution >= 4 is 16.8 Å². The quantitative estimate of drug-likeness (QED) is 0.899. The minimum absolute atomic E-state index is 0.0134. The molecule has 0 radical (unpaired) electrons. The number of halogens is 1. The highest BCUT2D eigenvalue weighted by Gasteiger charge is 2.31. The molecule has 146 valence electrons. The van der Waals surface area contributed by atoms with Crippen molar-refractivity contribution in [2.45, 2.75) is 32.7 Å². The summed E-state index contributed by atoms with van der Waals surface area (Å²) in [7, 11) is 0. The molecule has 3 heterocycles. The van der Waals surface area contributed by atoms with Crippen molar-refractivity contribution in [3.63, 3.8) is 0 Å². The number of rotatable bonds is 3. The molecule has 2 aliphatic rings. The van der Waals surface area contributed by atoms with Crippen LogP contribution in [0, 0.1) is 18.7 Å². The molecule has 6 heteroatoms. The summed E-state index contributed by atoms with van der Waals surface area (Å²) in [5, 5.41) is 0.786. The van der Waals surface area contributed by atoms with E-state index in [0.717, 1.165) is 63.2 Å². The van der Waals surface area contributed by atoms with Gasteiger partial charge in [0.25, 0.3) is 5.91 Å². The van der Waals surface area contributed by atoms with Crippen LogP contribution in [0.5, 0.6) is 0 Å². The first-order valence-electron chi connectivity index (χ1n) is 9.94. The number of carbonyl (C=O) groups excluding carboxylic acids is 1. The van der Waals surface area contributed by atoms with Crippen molar-refractivity contribution in [2.24, 2.45) is 5.92 Å². The van der Waals surface area contributed by atoms with E-state index >= 15 is 0 Å². The maximum absolute atomic E-state index is 14.0. The molecule has 1 N–H and O–H groups in total. The second-order valence-electron chi connectivity index (χ2n) is 7.81. The van der Waals surface area contributed by atoms with Gasteiger partial charge in [0.05, 0.1) is 18.7 Å². The number of hydrogen-bond donors (Lipinski definition) is 1. The molecule has 0 unspecified atom stereocenters. The fourth-order valence-corrected chi connectivity index (χ4v) is 4.56. The first-order valence-corrected chi connectivity index (χ1v) is 9.94. The zero-order chi connectivity index (χ0) is 19.0. The highest BCUT2D eigenvalue weighted by molar-refractivity contribution is 6.01. The minimum Gasteiger partial charge on any atom is -0.379 e. The predicted octanol–water partition coefficient (Wildman–Crippen LogP) is 3.19. The number of nitrogens with one attached hydrogen (secondary N) is 1. The highest BCUT2D eigenvalue weighted by atomic mass is 19.1. The molecule has 1 amide bonds. The Kier molecular flexibility index (Phi) is 5.19. The van der Waals surface area contributed by atoms with E-state index in [1.807, 2.05) is 17.9 Å². The highest BCUT2D eigenvalue weighted by Crippen LogP contribution is 2.28. The number of nitrogens with zero attached hydrogens (tertiary/aromatic N) is 2. The molecule has 4 rings (SSSR count).